The molecule has 0 spiro atoms. The molecular weight excluding hydrogens is 256 g/mol. The van der Waals surface area contributed by atoms with E-state index < -0.39 is 0 Å². The van der Waals surface area contributed by atoms with E-state index in [0.717, 1.165) is 38.0 Å². The molecule has 0 aromatic heterocycles. The van der Waals surface area contributed by atoms with Gasteiger partial charge in [-0.2, -0.15) is 0 Å². The second kappa shape index (κ2) is 6.87. The molecule has 0 bridgehead atoms. The topological polar surface area (TPSA) is 18.5 Å². The molecular formula is C12H23BrO2. The van der Waals surface area contributed by atoms with Gasteiger partial charge in [0.05, 0.1) is 12.7 Å². The molecule has 0 atom stereocenters. The molecule has 0 saturated carbocycles. The lowest BCUT2D eigenvalue weighted by atomic mass is 9.85. The van der Waals surface area contributed by atoms with Crippen LogP contribution in [0.1, 0.15) is 39.5 Å². The largest absolute Gasteiger partial charge is 0.381 e. The first-order valence-corrected chi connectivity index (χ1v) is 7.14. The van der Waals surface area contributed by atoms with Crippen LogP contribution in [0.25, 0.3) is 0 Å². The van der Waals surface area contributed by atoms with Gasteiger partial charge >= 0.3 is 0 Å². The van der Waals surface area contributed by atoms with Crippen molar-refractivity contribution in [1.29, 1.82) is 0 Å². The highest BCUT2D eigenvalue weighted by Crippen LogP contribution is 2.30. The van der Waals surface area contributed by atoms with Gasteiger partial charge in [-0.15, -0.1) is 0 Å². The van der Waals surface area contributed by atoms with Gasteiger partial charge in [0, 0.05) is 24.0 Å². The van der Waals surface area contributed by atoms with E-state index in [-0.39, 0.29) is 0 Å². The zero-order valence-electron chi connectivity index (χ0n) is 9.93. The molecule has 0 radical (unpaired) electrons. The van der Waals surface area contributed by atoms with Crippen LogP contribution in [-0.2, 0) is 9.47 Å². The first-order chi connectivity index (χ1) is 7.26. The molecule has 1 aliphatic heterocycles. The Balaban J connectivity index is 2.31. The molecule has 1 heterocycles. The number of rotatable bonds is 6. The molecule has 0 aromatic carbocycles. The lowest BCUT2D eigenvalue weighted by molar-refractivity contribution is -0.0591. The molecule has 0 aliphatic carbocycles. The molecule has 3 heteroatoms. The van der Waals surface area contributed by atoms with Crippen molar-refractivity contribution in [2.75, 3.05) is 25.2 Å². The first-order valence-electron chi connectivity index (χ1n) is 6.01. The Bertz CT molecular complexity index is 155. The molecule has 0 N–H and O–H groups in total. The molecule has 90 valence electrons. The fourth-order valence-electron chi connectivity index (χ4n) is 1.82. The molecule has 1 rings (SSSR count). The van der Waals surface area contributed by atoms with E-state index in [2.05, 4.69) is 29.8 Å². The van der Waals surface area contributed by atoms with Gasteiger partial charge in [0.2, 0.25) is 0 Å². The minimum absolute atomic E-state index is 0.332. The average Bonchev–Trinajstić information content (AvgIpc) is 2.33. The Morgan fingerprint density at radius 2 is 1.87 bits per heavy atom. The van der Waals surface area contributed by atoms with Crippen molar-refractivity contribution in [2.45, 2.75) is 45.6 Å². The Morgan fingerprint density at radius 1 is 1.27 bits per heavy atom. The Labute approximate surface area is 102 Å². The van der Waals surface area contributed by atoms with E-state index >= 15 is 0 Å². The van der Waals surface area contributed by atoms with Gasteiger partial charge in [-0.3, -0.25) is 0 Å². The van der Waals surface area contributed by atoms with Crippen molar-refractivity contribution in [1.82, 2.24) is 0 Å². The number of hydrogen-bond acceptors (Lipinski definition) is 2. The summed E-state index contributed by atoms with van der Waals surface area (Å²) in [5.41, 5.74) is 0.332. The van der Waals surface area contributed by atoms with Gasteiger partial charge < -0.3 is 9.47 Å². The minimum atomic E-state index is 0.332. The van der Waals surface area contributed by atoms with Crippen molar-refractivity contribution in [2.24, 2.45) is 5.41 Å². The standard InChI is InChI=1S/C12H23BrO2/c1-3-12(4-2,9-13)10-15-11-5-7-14-8-6-11/h11H,3-10H2,1-2H3. The van der Waals surface area contributed by atoms with Crippen LogP contribution < -0.4 is 0 Å². The van der Waals surface area contributed by atoms with Crippen LogP contribution in [0, 0.1) is 5.41 Å². The number of ether oxygens (including phenoxy) is 2. The van der Waals surface area contributed by atoms with Crippen LogP contribution in [0.15, 0.2) is 0 Å². The van der Waals surface area contributed by atoms with E-state index in [1.54, 1.807) is 0 Å². The summed E-state index contributed by atoms with van der Waals surface area (Å²) in [6.07, 6.45) is 4.91. The van der Waals surface area contributed by atoms with Crippen molar-refractivity contribution in [3.63, 3.8) is 0 Å². The smallest absolute Gasteiger partial charge is 0.0619 e. The summed E-state index contributed by atoms with van der Waals surface area (Å²) in [5, 5.41) is 1.04. The van der Waals surface area contributed by atoms with E-state index in [1.807, 2.05) is 0 Å². The lowest BCUT2D eigenvalue weighted by Gasteiger charge is -2.32. The zero-order valence-corrected chi connectivity index (χ0v) is 11.5. The highest BCUT2D eigenvalue weighted by Gasteiger charge is 2.27. The van der Waals surface area contributed by atoms with Gasteiger partial charge in [-0.1, -0.05) is 29.8 Å². The Morgan fingerprint density at radius 3 is 2.33 bits per heavy atom. The third-order valence-corrected chi connectivity index (χ3v) is 4.77. The monoisotopic (exact) mass is 278 g/mol. The van der Waals surface area contributed by atoms with Gasteiger partial charge in [-0.05, 0) is 25.7 Å². The van der Waals surface area contributed by atoms with E-state index in [4.69, 9.17) is 9.47 Å². The summed E-state index contributed by atoms with van der Waals surface area (Å²) < 4.78 is 11.3. The van der Waals surface area contributed by atoms with Crippen LogP contribution >= 0.6 is 15.9 Å². The summed E-state index contributed by atoms with van der Waals surface area (Å²) in [5.74, 6) is 0. The molecule has 0 aromatic rings. The predicted octanol–water partition coefficient (Wildman–Crippen LogP) is 3.38. The second-order valence-electron chi connectivity index (χ2n) is 4.46. The molecule has 1 fully saturated rings. The fraction of sp³-hybridized carbons (Fsp3) is 1.00. The van der Waals surface area contributed by atoms with E-state index in [0.29, 0.717) is 11.5 Å². The summed E-state index contributed by atoms with van der Waals surface area (Å²) in [7, 11) is 0. The highest BCUT2D eigenvalue weighted by molar-refractivity contribution is 9.09. The SMILES string of the molecule is CCC(CC)(CBr)COC1CCOCC1. The normalized spacial score (nSPS) is 19.4. The van der Waals surface area contributed by atoms with Crippen molar-refractivity contribution in [3.05, 3.63) is 0 Å². The third-order valence-electron chi connectivity index (χ3n) is 3.58. The van der Waals surface area contributed by atoms with Crippen LogP contribution in [-0.4, -0.2) is 31.3 Å². The van der Waals surface area contributed by atoms with Gasteiger partial charge in [-0.25, -0.2) is 0 Å². The van der Waals surface area contributed by atoms with Gasteiger partial charge in [0.1, 0.15) is 0 Å². The van der Waals surface area contributed by atoms with Gasteiger partial charge in [0.25, 0.3) is 0 Å². The first kappa shape index (κ1) is 13.5. The number of hydrogen-bond donors (Lipinski definition) is 0. The molecule has 1 saturated heterocycles. The Kier molecular flexibility index (Phi) is 6.17. The molecule has 15 heavy (non-hydrogen) atoms. The number of alkyl halides is 1. The average molecular weight is 279 g/mol. The van der Waals surface area contributed by atoms with E-state index in [9.17, 15) is 0 Å². The van der Waals surface area contributed by atoms with Crippen molar-refractivity contribution in [3.8, 4) is 0 Å². The summed E-state index contributed by atoms with van der Waals surface area (Å²) in [4.78, 5) is 0. The number of halogens is 1. The van der Waals surface area contributed by atoms with Crippen LogP contribution in [0.2, 0.25) is 0 Å². The summed E-state index contributed by atoms with van der Waals surface area (Å²) >= 11 is 3.61. The van der Waals surface area contributed by atoms with Crippen LogP contribution in [0.4, 0.5) is 0 Å². The molecule has 1 aliphatic rings. The van der Waals surface area contributed by atoms with Crippen molar-refractivity contribution >= 4 is 15.9 Å². The molecule has 0 unspecified atom stereocenters. The van der Waals surface area contributed by atoms with Crippen molar-refractivity contribution < 1.29 is 9.47 Å². The third kappa shape index (κ3) is 4.04. The fourth-order valence-corrected chi connectivity index (χ4v) is 2.77. The molecule has 2 nitrogen and oxygen atoms in total. The highest BCUT2D eigenvalue weighted by atomic mass is 79.9. The minimum Gasteiger partial charge on any atom is -0.381 e. The maximum atomic E-state index is 6.01. The summed E-state index contributed by atoms with van der Waals surface area (Å²) in [6, 6.07) is 0. The second-order valence-corrected chi connectivity index (χ2v) is 5.02. The van der Waals surface area contributed by atoms with Crippen LogP contribution in [0.3, 0.4) is 0 Å². The van der Waals surface area contributed by atoms with Gasteiger partial charge in [0.15, 0.2) is 0 Å². The maximum Gasteiger partial charge on any atom is 0.0619 e. The van der Waals surface area contributed by atoms with E-state index in [1.165, 1.54) is 12.8 Å². The maximum absolute atomic E-state index is 6.01. The quantitative estimate of drug-likeness (QED) is 0.694. The molecule has 0 amide bonds. The lowest BCUT2D eigenvalue weighted by Crippen LogP contribution is -2.32. The summed E-state index contributed by atoms with van der Waals surface area (Å²) in [6.45, 7) is 7.11. The predicted molar refractivity (Wildman–Crippen MR) is 66.6 cm³/mol. The van der Waals surface area contributed by atoms with Crippen LogP contribution in [0.5, 0.6) is 0 Å². The Hall–Kier alpha value is 0.400. The zero-order chi connectivity index (χ0) is 11.1.